The first-order valence-electron chi connectivity index (χ1n) is 25.8. The topological polar surface area (TPSA) is 250 Å². The van der Waals surface area contributed by atoms with Gasteiger partial charge in [0.15, 0.2) is 24.5 Å². The van der Waals surface area contributed by atoms with Crippen molar-refractivity contribution in [2.45, 2.75) is 165 Å². The molecule has 18 heteroatoms. The number of carbonyl (C=O) groups excluding carboxylic acids is 3. The number of amides is 2. The van der Waals surface area contributed by atoms with E-state index < -0.39 is 92.6 Å². The van der Waals surface area contributed by atoms with Crippen LogP contribution in [0.4, 0.5) is 21.0 Å². The quantitative estimate of drug-likeness (QED) is 0.152. The van der Waals surface area contributed by atoms with Crippen molar-refractivity contribution in [2.75, 3.05) is 30.5 Å². The van der Waals surface area contributed by atoms with Crippen LogP contribution >= 0.6 is 0 Å². The van der Waals surface area contributed by atoms with Crippen molar-refractivity contribution in [1.82, 2.24) is 0 Å². The fourth-order valence-corrected chi connectivity index (χ4v) is 14.8. The fraction of sp³-hybridized carbons (Fsp3) is 0.717. The van der Waals surface area contributed by atoms with Crippen LogP contribution in [-0.2, 0) is 42.7 Å². The van der Waals surface area contributed by atoms with Crippen LogP contribution < -0.4 is 10.6 Å². The predicted molar refractivity (Wildman–Crippen MR) is 252 cm³/mol. The fourth-order valence-electron chi connectivity index (χ4n) is 14.8. The highest BCUT2D eigenvalue weighted by atomic mass is 16.8. The maximum Gasteiger partial charge on any atom is 0.412 e. The van der Waals surface area contributed by atoms with Gasteiger partial charge < -0.3 is 63.4 Å². The molecule has 4 saturated carbocycles. The summed E-state index contributed by atoms with van der Waals surface area (Å²) in [5.41, 5.74) is 0.443. The van der Waals surface area contributed by atoms with Crippen LogP contribution in [0.1, 0.15) is 85.5 Å². The van der Waals surface area contributed by atoms with E-state index in [1.54, 1.807) is 60.7 Å². The molecule has 2 aromatic rings. The molecule has 1 spiro atoms. The lowest BCUT2D eigenvalue weighted by molar-refractivity contribution is -0.363. The van der Waals surface area contributed by atoms with Crippen molar-refractivity contribution in [3.8, 4) is 0 Å². The largest absolute Gasteiger partial charge is 0.446 e. The molecule has 22 atom stereocenters. The van der Waals surface area contributed by atoms with Gasteiger partial charge in [0.2, 0.25) is 0 Å². The van der Waals surface area contributed by atoms with Crippen molar-refractivity contribution in [3.63, 3.8) is 0 Å². The summed E-state index contributed by atoms with van der Waals surface area (Å²) in [6, 6.07) is 16.8. The number of ether oxygens (including phenoxy) is 8. The Morgan fingerprint density at radius 1 is 0.746 bits per heavy atom. The molecule has 7 N–H and O–H groups in total. The molecular formula is C53H72N2O16. The Morgan fingerprint density at radius 2 is 1.39 bits per heavy atom. The molecule has 0 unspecified atom stereocenters. The van der Waals surface area contributed by atoms with Crippen molar-refractivity contribution < 1.29 is 77.8 Å². The van der Waals surface area contributed by atoms with E-state index in [2.05, 4.69) is 38.3 Å². The summed E-state index contributed by atoms with van der Waals surface area (Å²) in [4.78, 5) is 40.5. The first-order chi connectivity index (χ1) is 34.0. The Bertz CT molecular complexity index is 2200. The number of ketones is 1. The number of nitrogens with one attached hydrogen (secondary N) is 2. The second-order valence-corrected chi connectivity index (χ2v) is 22.5. The third-order valence-corrected chi connectivity index (χ3v) is 18.3. The first-order valence-corrected chi connectivity index (χ1v) is 25.8. The molecule has 71 heavy (non-hydrogen) atoms. The molecule has 4 aliphatic heterocycles. The van der Waals surface area contributed by atoms with Crippen LogP contribution in [-0.4, -0.2) is 143 Å². The number of aliphatic hydroxyl groups is 5. The van der Waals surface area contributed by atoms with Crippen LogP contribution in [0.5, 0.6) is 0 Å². The van der Waals surface area contributed by atoms with Crippen LogP contribution in [0.2, 0.25) is 0 Å². The zero-order chi connectivity index (χ0) is 50.0. The SMILES string of the molecule is C[C@@H]1CC[C@@]2(OC1)O[C@H]1C[C@H]3[C@@H]4CC[C@H]5C[C@@H](O[C@@H]6O[C@H](CO)[C@@H](O[C@@H]7O[C@H](COC(=O)Nc8ccccc8)[C@@H](OC(=O)Nc8ccccc8)[C@H](O)[C@H]7O)[C@H](O)[C@H]6O)CC[C@]5(C)[C@H]4C(=O)C[C@]3(C)[C@H]1[C@@H]2C. The summed E-state index contributed by atoms with van der Waals surface area (Å²) < 4.78 is 48.9. The third-order valence-electron chi connectivity index (χ3n) is 18.3. The minimum absolute atomic E-state index is 0.0630. The summed E-state index contributed by atoms with van der Waals surface area (Å²) in [6.07, 6.45) is -11.0. The number of benzene rings is 2. The highest BCUT2D eigenvalue weighted by molar-refractivity contribution is 5.85. The van der Waals surface area contributed by atoms with Crippen molar-refractivity contribution in [2.24, 2.45) is 52.3 Å². The Morgan fingerprint density at radius 3 is 2.06 bits per heavy atom. The molecule has 4 aliphatic carbocycles. The molecule has 8 fully saturated rings. The number of hydrogen-bond acceptors (Lipinski definition) is 16. The van der Waals surface area contributed by atoms with Gasteiger partial charge in [-0.05, 0) is 110 Å². The Hall–Kier alpha value is -3.79. The number of rotatable bonds is 10. The molecule has 2 amide bonds. The molecule has 0 aromatic heterocycles. The van der Waals surface area contributed by atoms with E-state index in [0.717, 1.165) is 38.5 Å². The Kier molecular flexibility index (Phi) is 14.4. The number of anilines is 2. The summed E-state index contributed by atoms with van der Waals surface area (Å²) >= 11 is 0. The van der Waals surface area contributed by atoms with E-state index in [4.69, 9.17) is 37.9 Å². The summed E-state index contributed by atoms with van der Waals surface area (Å²) in [5, 5.41) is 61.6. The van der Waals surface area contributed by atoms with Gasteiger partial charge >= 0.3 is 12.2 Å². The van der Waals surface area contributed by atoms with Gasteiger partial charge in [0.25, 0.3) is 0 Å². The van der Waals surface area contributed by atoms with Gasteiger partial charge in [-0.3, -0.25) is 15.4 Å². The lowest BCUT2D eigenvalue weighted by Gasteiger charge is -2.60. The van der Waals surface area contributed by atoms with Gasteiger partial charge in [-0.25, -0.2) is 9.59 Å². The summed E-state index contributed by atoms with van der Waals surface area (Å²) in [6.45, 7) is 8.57. The number of carbonyl (C=O) groups is 3. The number of para-hydroxylation sites is 2. The van der Waals surface area contributed by atoms with E-state index in [9.17, 15) is 39.9 Å². The maximum absolute atomic E-state index is 14.7. The molecule has 0 radical (unpaired) electrons. The average Bonchev–Trinajstić information content (AvgIpc) is 3.80. The van der Waals surface area contributed by atoms with Gasteiger partial charge in [0, 0.05) is 36.1 Å². The normalized spacial score (nSPS) is 46.0. The van der Waals surface area contributed by atoms with E-state index in [-0.39, 0.29) is 52.6 Å². The highest BCUT2D eigenvalue weighted by Gasteiger charge is 2.71. The molecule has 4 heterocycles. The van der Waals surface area contributed by atoms with E-state index >= 15 is 0 Å². The molecule has 0 bridgehead atoms. The smallest absolute Gasteiger partial charge is 0.412 e. The summed E-state index contributed by atoms with van der Waals surface area (Å²) in [5.74, 6) is 1.62. The molecular weight excluding hydrogens is 921 g/mol. The van der Waals surface area contributed by atoms with Crippen LogP contribution in [0.25, 0.3) is 0 Å². The zero-order valence-electron chi connectivity index (χ0n) is 41.0. The lowest BCUT2D eigenvalue weighted by Crippen LogP contribution is -2.65. The van der Waals surface area contributed by atoms with E-state index in [1.165, 1.54) is 0 Å². The van der Waals surface area contributed by atoms with Crippen molar-refractivity contribution in [1.29, 1.82) is 0 Å². The second-order valence-electron chi connectivity index (χ2n) is 22.5. The Balaban J connectivity index is 0.771. The number of fused-ring (bicyclic) bond motifs is 7. The minimum Gasteiger partial charge on any atom is -0.446 e. The van der Waals surface area contributed by atoms with Crippen molar-refractivity contribution >= 4 is 29.3 Å². The van der Waals surface area contributed by atoms with Gasteiger partial charge in [0.05, 0.1) is 25.4 Å². The highest BCUT2D eigenvalue weighted by Crippen LogP contribution is 2.70. The lowest BCUT2D eigenvalue weighted by atomic mass is 9.44. The van der Waals surface area contributed by atoms with Gasteiger partial charge in [0.1, 0.15) is 55.1 Å². The molecule has 8 aliphatic rings. The van der Waals surface area contributed by atoms with Crippen LogP contribution in [0.3, 0.4) is 0 Å². The van der Waals surface area contributed by atoms with Gasteiger partial charge in [-0.1, -0.05) is 64.1 Å². The molecule has 18 nitrogen and oxygen atoms in total. The number of hydrogen-bond donors (Lipinski definition) is 7. The molecule has 390 valence electrons. The number of aliphatic hydroxyl groups excluding tert-OH is 5. The van der Waals surface area contributed by atoms with E-state index in [1.807, 2.05) is 0 Å². The monoisotopic (exact) mass is 992 g/mol. The van der Waals surface area contributed by atoms with Gasteiger partial charge in [-0.15, -0.1) is 0 Å². The van der Waals surface area contributed by atoms with Crippen molar-refractivity contribution in [3.05, 3.63) is 60.7 Å². The molecule has 10 rings (SSSR count). The average molecular weight is 993 g/mol. The number of Topliss-reactive ketones (excluding diaryl/α,β-unsaturated/α-hetero) is 1. The first kappa shape index (κ1) is 50.7. The minimum atomic E-state index is -1.91. The standard InChI is InChI=1S/C53H72N2O16/c1-27-17-20-53(65-25-27)28(2)39-36(71-53)22-34-33-16-15-29-21-32(18-19-51(29,3)40(33)35(57)23-52(34,39)4)66-47-43(60)41(58)45(37(24-56)67-47)69-48-44(61)42(59)46(70-50(63)55-31-13-9-6-10-14-31)38(68-48)26-64-49(62)54-30-11-7-5-8-12-30/h5-14,27-29,32-34,36-48,56,58-61H,15-26H2,1-4H3,(H,54,62)(H,55,63)/t27-,28+,29+,32+,33+,34+,36+,37-,38-,39+,40-,41-,42-,43-,44-,45-,46-,47-,48+,51+,52+,53-/m1/s1. The Labute approximate surface area is 414 Å². The van der Waals surface area contributed by atoms with Crippen LogP contribution in [0.15, 0.2) is 60.7 Å². The maximum atomic E-state index is 14.7. The second kappa shape index (κ2) is 20.1. The van der Waals surface area contributed by atoms with Crippen LogP contribution in [0, 0.1) is 52.3 Å². The summed E-state index contributed by atoms with van der Waals surface area (Å²) in [7, 11) is 0. The molecule has 4 saturated heterocycles. The van der Waals surface area contributed by atoms with Gasteiger partial charge in [-0.2, -0.15) is 0 Å². The zero-order valence-corrected chi connectivity index (χ0v) is 41.0. The predicted octanol–water partition coefficient (Wildman–Crippen LogP) is 5.13. The van der Waals surface area contributed by atoms with E-state index in [0.29, 0.717) is 54.9 Å². The third kappa shape index (κ3) is 9.42. The molecule has 2 aromatic carbocycles.